The second kappa shape index (κ2) is 7.59. The lowest BCUT2D eigenvalue weighted by atomic mass is 10.3. The number of anilines is 1. The van der Waals surface area contributed by atoms with E-state index in [1.807, 2.05) is 30.3 Å². The molecule has 1 heterocycles. The first-order valence-electron chi connectivity index (χ1n) is 7.56. The van der Waals surface area contributed by atoms with Crippen LogP contribution < -0.4 is 10.1 Å². The maximum Gasteiger partial charge on any atom is 0.266 e. The van der Waals surface area contributed by atoms with E-state index in [2.05, 4.69) is 10.4 Å². The summed E-state index contributed by atoms with van der Waals surface area (Å²) in [6.45, 7) is 1.63. The molecule has 1 atom stereocenters. The highest BCUT2D eigenvalue weighted by atomic mass is 35.5. The Bertz CT molecular complexity index is 881. The van der Waals surface area contributed by atoms with Gasteiger partial charge in [-0.2, -0.15) is 5.10 Å². The van der Waals surface area contributed by atoms with Crippen molar-refractivity contribution >= 4 is 34.9 Å². The van der Waals surface area contributed by atoms with E-state index >= 15 is 0 Å². The number of carbonyl (C=O) groups excluding carboxylic acids is 1. The van der Waals surface area contributed by atoms with Gasteiger partial charge in [-0.1, -0.05) is 41.4 Å². The highest BCUT2D eigenvalue weighted by molar-refractivity contribution is 6.35. The zero-order valence-electron chi connectivity index (χ0n) is 13.3. The van der Waals surface area contributed by atoms with Gasteiger partial charge >= 0.3 is 0 Å². The van der Waals surface area contributed by atoms with Gasteiger partial charge in [-0.3, -0.25) is 4.79 Å². The maximum atomic E-state index is 12.3. The van der Waals surface area contributed by atoms with E-state index in [1.165, 1.54) is 0 Å². The number of hydrogen-bond donors (Lipinski definition) is 1. The number of aromatic nitrogens is 2. The predicted octanol–water partition coefficient (Wildman–Crippen LogP) is 4.59. The van der Waals surface area contributed by atoms with Crippen molar-refractivity contribution in [1.82, 2.24) is 9.78 Å². The van der Waals surface area contributed by atoms with Gasteiger partial charge in [0.15, 0.2) is 11.9 Å². The lowest BCUT2D eigenvalue weighted by Crippen LogP contribution is -2.30. The SMILES string of the molecule is CC(Oc1ccc(Cl)cc1Cl)C(=O)Nc1ccn(-c2ccccc2)n1. The first kappa shape index (κ1) is 17.3. The Morgan fingerprint density at radius 3 is 2.64 bits per heavy atom. The van der Waals surface area contributed by atoms with Crippen molar-refractivity contribution in [3.8, 4) is 11.4 Å². The molecule has 3 aromatic rings. The van der Waals surface area contributed by atoms with Gasteiger partial charge in [0.25, 0.3) is 5.91 Å². The Morgan fingerprint density at radius 1 is 1.16 bits per heavy atom. The Labute approximate surface area is 155 Å². The number of para-hydroxylation sites is 1. The van der Waals surface area contributed by atoms with E-state index in [0.29, 0.717) is 21.6 Å². The molecule has 1 N–H and O–H groups in total. The second-order valence-corrected chi connectivity index (χ2v) is 6.15. The second-order valence-electron chi connectivity index (χ2n) is 5.31. The summed E-state index contributed by atoms with van der Waals surface area (Å²) in [4.78, 5) is 12.3. The summed E-state index contributed by atoms with van der Waals surface area (Å²) in [5, 5.41) is 7.89. The third-order valence-electron chi connectivity index (χ3n) is 3.43. The van der Waals surface area contributed by atoms with Gasteiger partial charge in [-0.05, 0) is 37.3 Å². The quantitative estimate of drug-likeness (QED) is 0.709. The minimum absolute atomic E-state index is 0.329. The summed E-state index contributed by atoms with van der Waals surface area (Å²) in [5.41, 5.74) is 0.903. The van der Waals surface area contributed by atoms with Gasteiger partial charge in [0.2, 0.25) is 0 Å². The number of nitrogens with one attached hydrogen (secondary N) is 1. The predicted molar refractivity (Wildman–Crippen MR) is 98.7 cm³/mol. The number of nitrogens with zero attached hydrogens (tertiary/aromatic N) is 2. The molecule has 7 heteroatoms. The number of rotatable bonds is 5. The molecule has 5 nitrogen and oxygen atoms in total. The molecule has 0 saturated heterocycles. The van der Waals surface area contributed by atoms with E-state index in [-0.39, 0.29) is 5.91 Å². The van der Waals surface area contributed by atoms with Crippen molar-refractivity contribution in [2.24, 2.45) is 0 Å². The molecule has 0 radical (unpaired) electrons. The molecule has 0 aliphatic rings. The van der Waals surface area contributed by atoms with Crippen LogP contribution >= 0.6 is 23.2 Å². The van der Waals surface area contributed by atoms with Crippen molar-refractivity contribution in [3.05, 3.63) is 70.8 Å². The smallest absolute Gasteiger partial charge is 0.266 e. The summed E-state index contributed by atoms with van der Waals surface area (Å²) in [6.07, 6.45) is 1.02. The fraction of sp³-hybridized carbons (Fsp3) is 0.111. The van der Waals surface area contributed by atoms with Crippen molar-refractivity contribution in [3.63, 3.8) is 0 Å². The largest absolute Gasteiger partial charge is 0.479 e. The van der Waals surface area contributed by atoms with Crippen LogP contribution in [-0.4, -0.2) is 21.8 Å². The van der Waals surface area contributed by atoms with Crippen LogP contribution in [0.3, 0.4) is 0 Å². The third kappa shape index (κ3) is 4.32. The number of hydrogen-bond acceptors (Lipinski definition) is 3. The van der Waals surface area contributed by atoms with Crippen molar-refractivity contribution in [1.29, 1.82) is 0 Å². The van der Waals surface area contributed by atoms with E-state index < -0.39 is 6.10 Å². The van der Waals surface area contributed by atoms with Crippen LogP contribution in [-0.2, 0) is 4.79 Å². The summed E-state index contributed by atoms with van der Waals surface area (Å²) in [6, 6.07) is 16.2. The highest BCUT2D eigenvalue weighted by Crippen LogP contribution is 2.28. The van der Waals surface area contributed by atoms with E-state index in [4.69, 9.17) is 27.9 Å². The van der Waals surface area contributed by atoms with Gasteiger partial charge in [0.1, 0.15) is 5.75 Å². The molecule has 1 unspecified atom stereocenters. The van der Waals surface area contributed by atoms with E-state index in [0.717, 1.165) is 5.69 Å². The number of carbonyl (C=O) groups is 1. The summed E-state index contributed by atoms with van der Waals surface area (Å²) in [5.74, 6) is 0.499. The van der Waals surface area contributed by atoms with Crippen molar-refractivity contribution < 1.29 is 9.53 Å². The van der Waals surface area contributed by atoms with Crippen LogP contribution in [0.15, 0.2) is 60.8 Å². The zero-order valence-corrected chi connectivity index (χ0v) is 14.8. The van der Waals surface area contributed by atoms with Gasteiger partial charge in [0.05, 0.1) is 10.7 Å². The Kier molecular flexibility index (Phi) is 5.26. The molecular weight excluding hydrogens is 361 g/mol. The van der Waals surface area contributed by atoms with Crippen LogP contribution in [0.5, 0.6) is 5.75 Å². The molecule has 0 bridgehead atoms. The van der Waals surface area contributed by atoms with Crippen LogP contribution in [0, 0.1) is 0 Å². The van der Waals surface area contributed by atoms with Crippen LogP contribution in [0.2, 0.25) is 10.0 Å². The standard InChI is InChI=1S/C18H15Cl2N3O2/c1-12(25-16-8-7-13(19)11-15(16)20)18(24)21-17-9-10-23(22-17)14-5-3-2-4-6-14/h2-12H,1H3,(H,21,22,24). The fourth-order valence-electron chi connectivity index (χ4n) is 2.16. The highest BCUT2D eigenvalue weighted by Gasteiger charge is 2.17. The molecule has 3 rings (SSSR count). The molecule has 1 aromatic heterocycles. The maximum absolute atomic E-state index is 12.3. The van der Waals surface area contributed by atoms with Gasteiger partial charge in [-0.25, -0.2) is 4.68 Å². The fourth-order valence-corrected chi connectivity index (χ4v) is 2.61. The molecule has 2 aromatic carbocycles. The minimum atomic E-state index is -0.749. The molecule has 0 spiro atoms. The average Bonchev–Trinajstić information content (AvgIpc) is 3.06. The summed E-state index contributed by atoms with van der Waals surface area (Å²) in [7, 11) is 0. The molecule has 1 amide bonds. The number of benzene rings is 2. The van der Waals surface area contributed by atoms with Gasteiger partial charge < -0.3 is 10.1 Å². The number of halogens is 2. The first-order chi connectivity index (χ1) is 12.0. The minimum Gasteiger partial charge on any atom is -0.479 e. The van der Waals surface area contributed by atoms with Gasteiger partial charge in [0, 0.05) is 17.3 Å². The lowest BCUT2D eigenvalue weighted by Gasteiger charge is -2.15. The molecule has 0 aliphatic carbocycles. The Hall–Kier alpha value is -2.50. The molecule has 0 fully saturated rings. The Morgan fingerprint density at radius 2 is 1.92 bits per heavy atom. The van der Waals surface area contributed by atoms with Gasteiger partial charge in [-0.15, -0.1) is 0 Å². The van der Waals surface area contributed by atoms with Crippen LogP contribution in [0.4, 0.5) is 5.82 Å². The molecule has 0 aliphatic heterocycles. The molecule has 25 heavy (non-hydrogen) atoms. The third-order valence-corrected chi connectivity index (χ3v) is 3.96. The topological polar surface area (TPSA) is 56.1 Å². The van der Waals surface area contributed by atoms with Crippen LogP contribution in [0.1, 0.15) is 6.92 Å². The molecule has 128 valence electrons. The monoisotopic (exact) mass is 375 g/mol. The summed E-state index contributed by atoms with van der Waals surface area (Å²) < 4.78 is 7.27. The summed E-state index contributed by atoms with van der Waals surface area (Å²) >= 11 is 11.9. The van der Waals surface area contributed by atoms with Crippen molar-refractivity contribution in [2.45, 2.75) is 13.0 Å². The Balaban J connectivity index is 1.65. The molecule has 0 saturated carbocycles. The average molecular weight is 376 g/mol. The number of amides is 1. The number of ether oxygens (including phenoxy) is 1. The lowest BCUT2D eigenvalue weighted by molar-refractivity contribution is -0.122. The van der Waals surface area contributed by atoms with E-state index in [9.17, 15) is 4.79 Å². The normalized spacial score (nSPS) is 11.8. The van der Waals surface area contributed by atoms with Crippen LogP contribution in [0.25, 0.3) is 5.69 Å². The molecular formula is C18H15Cl2N3O2. The zero-order chi connectivity index (χ0) is 17.8. The first-order valence-corrected chi connectivity index (χ1v) is 8.32. The van der Waals surface area contributed by atoms with Crippen molar-refractivity contribution in [2.75, 3.05) is 5.32 Å². The van der Waals surface area contributed by atoms with E-state index in [1.54, 1.807) is 42.1 Å².